The topological polar surface area (TPSA) is 109 Å². The molecule has 2 heterocycles. The highest BCUT2D eigenvalue weighted by atomic mass is 32.1. The number of allylic oxidation sites excluding steroid dienone is 1. The standard InChI is InChI=1S/C31H35N3O7S/c1-7-33(8-2)30(37)27-19(4)32-31-34(28(27)21-12-10-11-13-22(21)38-5)29(36)25(42-31)17-20-14-15-23(24(16-20)39-6)41-18-26(35)40-9-3/h10-17,28H,7-9,18H2,1-6H3/b25-17+/t28-/m1/s1. The molecule has 0 fully saturated rings. The van der Waals surface area contributed by atoms with Gasteiger partial charge in [0.2, 0.25) is 0 Å². The summed E-state index contributed by atoms with van der Waals surface area (Å²) in [7, 11) is 3.06. The Kier molecular flexibility index (Phi) is 9.84. The van der Waals surface area contributed by atoms with Crippen LogP contribution in [0.15, 0.2) is 63.5 Å². The number of esters is 1. The van der Waals surface area contributed by atoms with Crippen molar-refractivity contribution < 1.29 is 28.5 Å². The summed E-state index contributed by atoms with van der Waals surface area (Å²) in [5.41, 5.74) is 2.09. The highest BCUT2D eigenvalue weighted by molar-refractivity contribution is 7.07. The lowest BCUT2D eigenvalue weighted by atomic mass is 9.94. The summed E-state index contributed by atoms with van der Waals surface area (Å²) >= 11 is 1.24. The first kappa shape index (κ1) is 30.6. The molecule has 0 saturated carbocycles. The number of rotatable bonds is 11. The van der Waals surface area contributed by atoms with Gasteiger partial charge >= 0.3 is 5.97 Å². The summed E-state index contributed by atoms with van der Waals surface area (Å²) < 4.78 is 23.6. The number of fused-ring (bicyclic) bond motifs is 1. The van der Waals surface area contributed by atoms with Gasteiger partial charge in [0.1, 0.15) is 11.8 Å². The number of para-hydroxylation sites is 1. The van der Waals surface area contributed by atoms with Crippen molar-refractivity contribution in [3.8, 4) is 17.2 Å². The number of methoxy groups -OCH3 is 2. The van der Waals surface area contributed by atoms with Gasteiger partial charge in [-0.05, 0) is 57.5 Å². The van der Waals surface area contributed by atoms with E-state index in [1.54, 1.807) is 54.7 Å². The van der Waals surface area contributed by atoms with Crippen molar-refractivity contribution in [2.24, 2.45) is 4.99 Å². The Balaban J connectivity index is 1.84. The van der Waals surface area contributed by atoms with Gasteiger partial charge in [0, 0.05) is 18.7 Å². The van der Waals surface area contributed by atoms with Crippen molar-refractivity contribution >= 4 is 29.3 Å². The van der Waals surface area contributed by atoms with E-state index in [1.807, 2.05) is 38.1 Å². The average Bonchev–Trinajstić information content (AvgIpc) is 3.29. The van der Waals surface area contributed by atoms with Crippen LogP contribution in [-0.2, 0) is 14.3 Å². The summed E-state index contributed by atoms with van der Waals surface area (Å²) in [5.74, 6) is 0.684. The van der Waals surface area contributed by atoms with Gasteiger partial charge in [-0.15, -0.1) is 0 Å². The van der Waals surface area contributed by atoms with Crippen LogP contribution in [0, 0.1) is 0 Å². The van der Waals surface area contributed by atoms with Gasteiger partial charge in [-0.25, -0.2) is 9.79 Å². The molecule has 11 heteroatoms. The number of thiazole rings is 1. The normalized spacial score (nSPS) is 14.6. The van der Waals surface area contributed by atoms with Gasteiger partial charge < -0.3 is 23.8 Å². The van der Waals surface area contributed by atoms with E-state index in [-0.39, 0.29) is 24.7 Å². The number of aromatic nitrogens is 1. The third-order valence-electron chi connectivity index (χ3n) is 6.87. The average molecular weight is 594 g/mol. The van der Waals surface area contributed by atoms with Crippen LogP contribution < -0.4 is 29.1 Å². The number of ether oxygens (including phenoxy) is 4. The molecule has 10 nitrogen and oxygen atoms in total. The van der Waals surface area contributed by atoms with Gasteiger partial charge in [-0.3, -0.25) is 14.2 Å². The predicted molar refractivity (Wildman–Crippen MR) is 160 cm³/mol. The molecule has 1 aromatic heterocycles. The Bertz CT molecular complexity index is 1680. The van der Waals surface area contributed by atoms with Gasteiger partial charge in [-0.1, -0.05) is 35.6 Å². The number of nitrogens with zero attached hydrogens (tertiary/aromatic N) is 3. The van der Waals surface area contributed by atoms with E-state index in [4.69, 9.17) is 23.9 Å². The summed E-state index contributed by atoms with van der Waals surface area (Å²) in [6, 6.07) is 11.8. The van der Waals surface area contributed by atoms with Crippen LogP contribution in [0.3, 0.4) is 0 Å². The van der Waals surface area contributed by atoms with Crippen LogP contribution in [0.25, 0.3) is 6.08 Å². The maximum atomic E-state index is 14.0. The zero-order valence-electron chi connectivity index (χ0n) is 24.6. The molecular formula is C31H35N3O7S. The van der Waals surface area contributed by atoms with E-state index < -0.39 is 12.0 Å². The van der Waals surface area contributed by atoms with Crippen molar-refractivity contribution in [3.63, 3.8) is 0 Å². The van der Waals surface area contributed by atoms with Gasteiger partial charge in [0.25, 0.3) is 11.5 Å². The van der Waals surface area contributed by atoms with E-state index in [1.165, 1.54) is 18.4 Å². The molecule has 0 unspecified atom stereocenters. The van der Waals surface area contributed by atoms with Crippen LogP contribution >= 0.6 is 11.3 Å². The minimum absolute atomic E-state index is 0.172. The maximum Gasteiger partial charge on any atom is 0.344 e. The third kappa shape index (κ3) is 6.11. The van der Waals surface area contributed by atoms with Crippen molar-refractivity contribution in [3.05, 3.63) is 84.5 Å². The highest BCUT2D eigenvalue weighted by Crippen LogP contribution is 2.36. The van der Waals surface area contributed by atoms with Gasteiger partial charge in [0.05, 0.1) is 36.6 Å². The van der Waals surface area contributed by atoms with Crippen LogP contribution in [0.1, 0.15) is 44.9 Å². The van der Waals surface area contributed by atoms with Crippen molar-refractivity contribution in [2.45, 2.75) is 33.7 Å². The summed E-state index contributed by atoms with van der Waals surface area (Å²) in [5, 5.41) is 0. The first-order valence-electron chi connectivity index (χ1n) is 13.7. The largest absolute Gasteiger partial charge is 0.496 e. The number of carbonyl (C=O) groups is 2. The Morgan fingerprint density at radius 2 is 1.74 bits per heavy atom. The molecular weight excluding hydrogens is 558 g/mol. The van der Waals surface area contributed by atoms with Crippen molar-refractivity contribution in [2.75, 3.05) is 40.5 Å². The minimum Gasteiger partial charge on any atom is -0.496 e. The third-order valence-corrected chi connectivity index (χ3v) is 7.86. The second-order valence-electron chi connectivity index (χ2n) is 9.31. The number of carbonyl (C=O) groups excluding carboxylic acids is 2. The molecule has 2 aromatic carbocycles. The highest BCUT2D eigenvalue weighted by Gasteiger charge is 2.35. The fraction of sp³-hybridized carbons (Fsp3) is 0.355. The molecule has 1 aliphatic rings. The SMILES string of the molecule is CCOC(=O)COc1ccc(/C=c2/sc3n(c2=O)[C@H](c2ccccc2OC)C(C(=O)N(CC)CC)=C(C)N=3)cc1OC. The molecule has 0 N–H and O–H groups in total. The van der Waals surface area contributed by atoms with Crippen LogP contribution in [0.4, 0.5) is 0 Å². The fourth-order valence-electron chi connectivity index (χ4n) is 4.85. The number of hydrogen-bond acceptors (Lipinski definition) is 9. The van der Waals surface area contributed by atoms with Crippen LogP contribution in [0.2, 0.25) is 0 Å². The molecule has 1 atom stereocenters. The first-order valence-corrected chi connectivity index (χ1v) is 14.5. The Labute approximate surface area is 248 Å². The molecule has 42 heavy (non-hydrogen) atoms. The fourth-order valence-corrected chi connectivity index (χ4v) is 5.89. The van der Waals surface area contributed by atoms with E-state index in [0.29, 0.717) is 62.1 Å². The van der Waals surface area contributed by atoms with E-state index in [2.05, 4.69) is 0 Å². The summed E-state index contributed by atoms with van der Waals surface area (Å²) in [6.45, 7) is 8.43. The van der Waals surface area contributed by atoms with Crippen LogP contribution in [-0.4, -0.2) is 61.9 Å². The van der Waals surface area contributed by atoms with Gasteiger partial charge in [-0.2, -0.15) is 0 Å². The van der Waals surface area contributed by atoms with Crippen molar-refractivity contribution in [1.29, 1.82) is 0 Å². The molecule has 0 aliphatic carbocycles. The van der Waals surface area contributed by atoms with E-state index in [9.17, 15) is 14.4 Å². The van der Waals surface area contributed by atoms with Crippen LogP contribution in [0.5, 0.6) is 17.2 Å². The molecule has 222 valence electrons. The number of benzene rings is 2. The summed E-state index contributed by atoms with van der Waals surface area (Å²) in [6.07, 6.45) is 1.74. The first-order chi connectivity index (χ1) is 20.3. The molecule has 0 spiro atoms. The zero-order valence-corrected chi connectivity index (χ0v) is 25.4. The van der Waals surface area contributed by atoms with E-state index >= 15 is 0 Å². The Hall–Kier alpha value is -4.38. The zero-order chi connectivity index (χ0) is 30.4. The molecule has 3 aromatic rings. The smallest absolute Gasteiger partial charge is 0.344 e. The lowest BCUT2D eigenvalue weighted by Crippen LogP contribution is -2.43. The minimum atomic E-state index is -0.721. The molecule has 0 saturated heterocycles. The maximum absolute atomic E-state index is 14.0. The number of hydrogen-bond donors (Lipinski definition) is 0. The lowest BCUT2D eigenvalue weighted by Gasteiger charge is -2.29. The Morgan fingerprint density at radius 3 is 2.40 bits per heavy atom. The molecule has 0 radical (unpaired) electrons. The summed E-state index contributed by atoms with van der Waals surface area (Å²) in [4.78, 5) is 46.5. The molecule has 0 bridgehead atoms. The molecule has 1 aliphatic heterocycles. The predicted octanol–water partition coefficient (Wildman–Crippen LogP) is 3.06. The number of likely N-dealkylation sites (N-methyl/N-ethyl adjacent to an activating group) is 1. The van der Waals surface area contributed by atoms with Gasteiger partial charge in [0.15, 0.2) is 22.9 Å². The lowest BCUT2D eigenvalue weighted by molar-refractivity contribution is -0.145. The second-order valence-corrected chi connectivity index (χ2v) is 10.3. The quantitative estimate of drug-likeness (QED) is 0.315. The van der Waals surface area contributed by atoms with Crippen molar-refractivity contribution in [1.82, 2.24) is 9.47 Å². The molecule has 4 rings (SSSR count). The second kappa shape index (κ2) is 13.5. The Morgan fingerprint density at radius 1 is 1.02 bits per heavy atom. The van der Waals surface area contributed by atoms with E-state index in [0.717, 1.165) is 0 Å². The number of amides is 1. The molecule has 1 amide bonds. The monoisotopic (exact) mass is 593 g/mol.